The smallest absolute Gasteiger partial charge is 0.350 e. The van der Waals surface area contributed by atoms with Crippen molar-refractivity contribution in [3.63, 3.8) is 0 Å². The summed E-state index contributed by atoms with van der Waals surface area (Å²) < 4.78 is 10.0. The van der Waals surface area contributed by atoms with Crippen LogP contribution in [0.2, 0.25) is 0 Å². The molecule has 0 aliphatic rings. The molecule has 1 aromatic heterocycles. The Morgan fingerprint density at radius 2 is 2.04 bits per heavy atom. The number of rotatable bonds is 8. The Balaban J connectivity index is 1.83. The third kappa shape index (κ3) is 5.78. The van der Waals surface area contributed by atoms with Crippen molar-refractivity contribution in [3.8, 4) is 5.75 Å². The van der Waals surface area contributed by atoms with E-state index in [0.717, 1.165) is 11.3 Å². The summed E-state index contributed by atoms with van der Waals surface area (Å²) in [5, 5.41) is 5.61. The van der Waals surface area contributed by atoms with E-state index in [9.17, 15) is 14.4 Å². The van der Waals surface area contributed by atoms with Crippen molar-refractivity contribution in [2.75, 3.05) is 25.6 Å². The molecule has 0 saturated heterocycles. The van der Waals surface area contributed by atoms with Crippen molar-refractivity contribution in [1.29, 1.82) is 0 Å². The molecule has 144 valence electrons. The van der Waals surface area contributed by atoms with Crippen LogP contribution in [0.25, 0.3) is 0 Å². The van der Waals surface area contributed by atoms with Crippen LogP contribution in [0.1, 0.15) is 39.1 Å². The van der Waals surface area contributed by atoms with E-state index in [1.807, 2.05) is 0 Å². The Morgan fingerprint density at radius 3 is 2.74 bits per heavy atom. The van der Waals surface area contributed by atoms with Crippen molar-refractivity contribution in [3.05, 3.63) is 40.4 Å². The van der Waals surface area contributed by atoms with Crippen molar-refractivity contribution < 1.29 is 23.9 Å². The van der Waals surface area contributed by atoms with Crippen LogP contribution in [-0.2, 0) is 9.53 Å². The lowest BCUT2D eigenvalue weighted by Gasteiger charge is -2.06. The highest BCUT2D eigenvalue weighted by Gasteiger charge is 2.17. The lowest BCUT2D eigenvalue weighted by molar-refractivity contribution is -0.116. The van der Waals surface area contributed by atoms with Gasteiger partial charge in [-0.25, -0.2) is 9.78 Å². The number of aryl methyl sites for hydroxylation is 1. The monoisotopic (exact) mass is 391 g/mol. The lowest BCUT2D eigenvalue weighted by Crippen LogP contribution is -2.27. The molecular weight excluding hydrogens is 370 g/mol. The van der Waals surface area contributed by atoms with Gasteiger partial charge in [-0.15, -0.1) is 0 Å². The van der Waals surface area contributed by atoms with E-state index in [4.69, 9.17) is 9.47 Å². The molecule has 0 spiro atoms. The van der Waals surface area contributed by atoms with Crippen LogP contribution in [0, 0.1) is 6.92 Å². The molecular formula is C18H21N3O5S. The van der Waals surface area contributed by atoms with Crippen LogP contribution in [-0.4, -0.2) is 43.0 Å². The van der Waals surface area contributed by atoms with E-state index >= 15 is 0 Å². The zero-order valence-corrected chi connectivity index (χ0v) is 16.1. The van der Waals surface area contributed by atoms with Gasteiger partial charge in [0.05, 0.1) is 19.4 Å². The second-order valence-electron chi connectivity index (χ2n) is 5.44. The van der Waals surface area contributed by atoms with Crippen LogP contribution >= 0.6 is 11.3 Å². The highest BCUT2D eigenvalue weighted by atomic mass is 32.1. The second-order valence-corrected chi connectivity index (χ2v) is 6.44. The quantitative estimate of drug-likeness (QED) is 0.669. The molecule has 0 bridgehead atoms. The number of benzene rings is 1. The number of aromatic nitrogens is 1. The lowest BCUT2D eigenvalue weighted by atomic mass is 10.2. The number of thiazole rings is 1. The maximum absolute atomic E-state index is 12.1. The van der Waals surface area contributed by atoms with Crippen molar-refractivity contribution in [2.45, 2.75) is 20.3 Å². The Morgan fingerprint density at radius 1 is 1.26 bits per heavy atom. The summed E-state index contributed by atoms with van der Waals surface area (Å²) in [6.07, 6.45) is 0.0725. The summed E-state index contributed by atoms with van der Waals surface area (Å²) >= 11 is 1.06. The molecule has 0 aliphatic carbocycles. The normalized spacial score (nSPS) is 10.2. The van der Waals surface area contributed by atoms with Gasteiger partial charge in [0, 0.05) is 18.5 Å². The van der Waals surface area contributed by atoms with Crippen LogP contribution < -0.4 is 15.4 Å². The molecule has 0 aliphatic heterocycles. The third-order valence-corrected chi connectivity index (χ3v) is 4.53. The second kappa shape index (κ2) is 9.67. The fourth-order valence-corrected chi connectivity index (χ4v) is 3.05. The maximum atomic E-state index is 12.1. The first-order valence-corrected chi connectivity index (χ1v) is 9.13. The molecule has 0 atom stereocenters. The molecule has 2 N–H and O–H groups in total. The molecule has 1 aromatic carbocycles. The predicted octanol–water partition coefficient (Wildman–Crippen LogP) is 2.40. The molecule has 1 heterocycles. The van der Waals surface area contributed by atoms with Crippen LogP contribution in [0.4, 0.5) is 5.13 Å². The van der Waals surface area contributed by atoms with E-state index in [2.05, 4.69) is 15.6 Å². The van der Waals surface area contributed by atoms with Gasteiger partial charge < -0.3 is 20.1 Å². The Bertz CT molecular complexity index is 834. The van der Waals surface area contributed by atoms with Crippen molar-refractivity contribution >= 4 is 34.3 Å². The summed E-state index contributed by atoms with van der Waals surface area (Å²) in [4.78, 5) is 40.4. The average Bonchev–Trinajstić information content (AvgIpc) is 3.02. The number of nitrogens with one attached hydrogen (secondary N) is 2. The molecule has 0 saturated carbocycles. The van der Waals surface area contributed by atoms with Crippen LogP contribution in [0.15, 0.2) is 24.3 Å². The fourth-order valence-electron chi connectivity index (χ4n) is 2.17. The number of hydrogen-bond donors (Lipinski definition) is 2. The third-order valence-electron chi connectivity index (χ3n) is 3.47. The summed E-state index contributed by atoms with van der Waals surface area (Å²) in [6.45, 7) is 3.82. The summed E-state index contributed by atoms with van der Waals surface area (Å²) in [5.41, 5.74) is 0.949. The Labute approximate surface area is 160 Å². The fraction of sp³-hybridized carbons (Fsp3) is 0.333. The van der Waals surface area contributed by atoms with Gasteiger partial charge in [-0.2, -0.15) is 0 Å². The number of hydrogen-bond acceptors (Lipinski definition) is 7. The Hall–Kier alpha value is -2.94. The molecule has 8 nitrogen and oxygen atoms in total. The molecule has 27 heavy (non-hydrogen) atoms. The van der Waals surface area contributed by atoms with Gasteiger partial charge in [0.15, 0.2) is 5.13 Å². The van der Waals surface area contributed by atoms with E-state index in [1.165, 1.54) is 7.11 Å². The number of carbonyl (C=O) groups is 3. The summed E-state index contributed by atoms with van der Waals surface area (Å²) in [7, 11) is 1.52. The average molecular weight is 391 g/mol. The SMILES string of the molecule is CCOC(=O)c1sc(NC(=O)CCNC(=O)c2cccc(OC)c2)nc1C. The number of amides is 2. The van der Waals surface area contributed by atoms with E-state index in [1.54, 1.807) is 38.1 Å². The zero-order valence-electron chi connectivity index (χ0n) is 15.3. The first kappa shape index (κ1) is 20.4. The molecule has 2 amide bonds. The van der Waals surface area contributed by atoms with Gasteiger partial charge in [0.2, 0.25) is 5.91 Å². The molecule has 0 radical (unpaired) electrons. The van der Waals surface area contributed by atoms with Gasteiger partial charge >= 0.3 is 5.97 Å². The van der Waals surface area contributed by atoms with E-state index in [0.29, 0.717) is 27.0 Å². The van der Waals surface area contributed by atoms with Crippen molar-refractivity contribution in [1.82, 2.24) is 10.3 Å². The minimum absolute atomic E-state index is 0.0725. The minimum atomic E-state index is -0.460. The van der Waals surface area contributed by atoms with Gasteiger partial charge in [-0.1, -0.05) is 17.4 Å². The number of anilines is 1. The highest BCUT2D eigenvalue weighted by Crippen LogP contribution is 2.23. The van der Waals surface area contributed by atoms with Crippen molar-refractivity contribution in [2.24, 2.45) is 0 Å². The first-order valence-electron chi connectivity index (χ1n) is 8.31. The summed E-state index contributed by atoms with van der Waals surface area (Å²) in [6, 6.07) is 6.73. The van der Waals surface area contributed by atoms with Gasteiger partial charge in [-0.05, 0) is 32.0 Å². The topological polar surface area (TPSA) is 107 Å². The number of carbonyl (C=O) groups excluding carboxylic acids is 3. The molecule has 0 unspecified atom stereocenters. The summed E-state index contributed by atoms with van der Waals surface area (Å²) in [5.74, 6) is -0.489. The number of esters is 1. The maximum Gasteiger partial charge on any atom is 0.350 e. The van der Waals surface area contributed by atoms with Gasteiger partial charge in [-0.3, -0.25) is 9.59 Å². The number of nitrogens with zero attached hydrogens (tertiary/aromatic N) is 1. The standard InChI is InChI=1S/C18H21N3O5S/c1-4-26-17(24)15-11(2)20-18(27-15)21-14(22)8-9-19-16(23)12-6-5-7-13(10-12)25-3/h5-7,10H,4,8-9H2,1-3H3,(H,19,23)(H,20,21,22). The molecule has 2 aromatic rings. The molecule has 9 heteroatoms. The zero-order chi connectivity index (χ0) is 19.8. The van der Waals surface area contributed by atoms with E-state index in [-0.39, 0.29) is 31.4 Å². The first-order chi connectivity index (χ1) is 12.9. The number of methoxy groups -OCH3 is 1. The highest BCUT2D eigenvalue weighted by molar-refractivity contribution is 7.17. The predicted molar refractivity (Wildman–Crippen MR) is 101 cm³/mol. The molecule has 2 rings (SSSR count). The largest absolute Gasteiger partial charge is 0.497 e. The van der Waals surface area contributed by atoms with E-state index < -0.39 is 5.97 Å². The minimum Gasteiger partial charge on any atom is -0.497 e. The van der Waals surface area contributed by atoms with Crippen LogP contribution in [0.3, 0.4) is 0 Å². The Kier molecular flexibility index (Phi) is 7.30. The van der Waals surface area contributed by atoms with Gasteiger partial charge in [0.1, 0.15) is 10.6 Å². The number of ether oxygens (including phenoxy) is 2. The van der Waals surface area contributed by atoms with Crippen LogP contribution in [0.5, 0.6) is 5.75 Å². The van der Waals surface area contributed by atoms with Gasteiger partial charge in [0.25, 0.3) is 5.91 Å². The molecule has 0 fully saturated rings.